The summed E-state index contributed by atoms with van der Waals surface area (Å²) < 4.78 is 5.85. The Morgan fingerprint density at radius 1 is 1.18 bits per heavy atom. The second kappa shape index (κ2) is 7.99. The van der Waals surface area contributed by atoms with Crippen molar-refractivity contribution in [3.05, 3.63) is 65.5 Å². The molecule has 1 N–H and O–H groups in total. The van der Waals surface area contributed by atoms with E-state index in [9.17, 15) is 10.0 Å². The number of aliphatic hydroxyl groups is 1. The van der Waals surface area contributed by atoms with Gasteiger partial charge in [-0.3, -0.25) is 0 Å². The minimum atomic E-state index is -0.617. The molecular formula is C16H18N2O4. The van der Waals surface area contributed by atoms with Crippen molar-refractivity contribution in [1.29, 1.82) is 0 Å². The third-order valence-electron chi connectivity index (χ3n) is 3.05. The quantitative estimate of drug-likeness (QED) is 0.652. The lowest BCUT2D eigenvalue weighted by Crippen LogP contribution is -2.42. The van der Waals surface area contributed by atoms with E-state index in [4.69, 9.17) is 9.84 Å². The lowest BCUT2D eigenvalue weighted by atomic mass is 10.2. The third kappa shape index (κ3) is 4.20. The van der Waals surface area contributed by atoms with Crippen LogP contribution in [0.4, 0.5) is 10.6 Å². The number of ether oxygens (including phenoxy) is 1. The number of anilines is 1. The zero-order valence-electron chi connectivity index (χ0n) is 12.1. The predicted octanol–water partition coefficient (Wildman–Crippen LogP) is 1.85. The van der Waals surface area contributed by atoms with Crippen LogP contribution in [0.2, 0.25) is 0 Å². The molecule has 1 amide bonds. The number of pyridine rings is 1. The zero-order chi connectivity index (χ0) is 15.8. The lowest BCUT2D eigenvalue weighted by molar-refractivity contribution is -0.591. The van der Waals surface area contributed by atoms with Crippen LogP contribution in [0.3, 0.4) is 0 Å². The van der Waals surface area contributed by atoms with E-state index < -0.39 is 6.09 Å². The molecule has 0 fully saturated rings. The van der Waals surface area contributed by atoms with Gasteiger partial charge in [0, 0.05) is 19.1 Å². The van der Waals surface area contributed by atoms with Crippen LogP contribution in [0, 0.1) is 5.21 Å². The van der Waals surface area contributed by atoms with Crippen molar-refractivity contribution < 1.29 is 19.4 Å². The molecule has 0 saturated heterocycles. The summed E-state index contributed by atoms with van der Waals surface area (Å²) in [5.74, 6) is 0.175. The number of carbonyl (C=O) groups is 1. The first-order valence-electron chi connectivity index (χ1n) is 6.99. The molecule has 0 bridgehead atoms. The first kappa shape index (κ1) is 15.8. The molecule has 0 unspecified atom stereocenters. The summed E-state index contributed by atoms with van der Waals surface area (Å²) in [6.45, 7) is 0.255. The van der Waals surface area contributed by atoms with Gasteiger partial charge < -0.3 is 15.1 Å². The van der Waals surface area contributed by atoms with E-state index >= 15 is 0 Å². The summed E-state index contributed by atoms with van der Waals surface area (Å²) in [6.07, 6.45) is 1.05. The Morgan fingerprint density at radius 2 is 1.91 bits per heavy atom. The van der Waals surface area contributed by atoms with Gasteiger partial charge in [0.15, 0.2) is 0 Å². The summed E-state index contributed by atoms with van der Waals surface area (Å²) in [5, 5.41) is 20.8. The topological polar surface area (TPSA) is 76.7 Å². The maximum atomic E-state index is 12.2. The smallest absolute Gasteiger partial charge is 0.507 e. The van der Waals surface area contributed by atoms with E-state index in [1.165, 1.54) is 17.2 Å². The van der Waals surface area contributed by atoms with Gasteiger partial charge in [-0.15, -0.1) is 0 Å². The van der Waals surface area contributed by atoms with Gasteiger partial charge in [-0.05, 0) is 11.6 Å². The van der Waals surface area contributed by atoms with E-state index in [0.717, 1.165) is 5.56 Å². The van der Waals surface area contributed by atoms with Gasteiger partial charge in [-0.2, -0.15) is 9.69 Å². The van der Waals surface area contributed by atoms with E-state index in [2.05, 4.69) is 0 Å². The van der Waals surface area contributed by atoms with Crippen molar-refractivity contribution in [3.63, 3.8) is 0 Å². The third-order valence-corrected chi connectivity index (χ3v) is 3.05. The summed E-state index contributed by atoms with van der Waals surface area (Å²) in [4.78, 5) is 13.5. The molecule has 2 rings (SSSR count). The van der Waals surface area contributed by atoms with Gasteiger partial charge in [-0.1, -0.05) is 36.4 Å². The SMILES string of the molecule is O=C(OCc1ccccc1)N(CCCO)c1cccc[n+]1[O-]. The molecular weight excluding hydrogens is 284 g/mol. The number of hydrogen-bond acceptors (Lipinski definition) is 4. The number of hydrogen-bond donors (Lipinski definition) is 1. The first-order chi connectivity index (χ1) is 10.7. The molecule has 1 heterocycles. The molecule has 0 aliphatic rings. The van der Waals surface area contributed by atoms with E-state index in [0.29, 0.717) is 11.2 Å². The molecule has 22 heavy (non-hydrogen) atoms. The van der Waals surface area contributed by atoms with E-state index in [1.807, 2.05) is 30.3 Å². The summed E-state index contributed by atoms with van der Waals surface area (Å²) in [6, 6.07) is 14.1. The number of aliphatic hydroxyl groups excluding tert-OH is 1. The number of amides is 1. The maximum absolute atomic E-state index is 12.2. The fourth-order valence-electron chi connectivity index (χ4n) is 1.95. The average molecular weight is 302 g/mol. The fraction of sp³-hybridized carbons (Fsp3) is 0.250. The molecule has 1 aromatic heterocycles. The van der Waals surface area contributed by atoms with Gasteiger partial charge in [-0.25, -0.2) is 4.73 Å². The standard InChI is InChI=1S/C16H18N2O4/c19-12-6-10-17(15-9-4-5-11-18(15)21)16(20)22-13-14-7-2-1-3-8-14/h1-5,7-9,11,19H,6,10,12-13H2. The van der Waals surface area contributed by atoms with Crippen LogP contribution in [0.15, 0.2) is 54.7 Å². The van der Waals surface area contributed by atoms with Crippen molar-refractivity contribution in [2.45, 2.75) is 13.0 Å². The molecule has 0 atom stereocenters. The molecule has 2 aromatic rings. The van der Waals surface area contributed by atoms with Gasteiger partial charge in [0.2, 0.25) is 0 Å². The Bertz CT molecular complexity index is 604. The van der Waals surface area contributed by atoms with Crippen LogP contribution in [-0.2, 0) is 11.3 Å². The Morgan fingerprint density at radius 3 is 2.59 bits per heavy atom. The highest BCUT2D eigenvalue weighted by Gasteiger charge is 2.26. The van der Waals surface area contributed by atoms with Crippen LogP contribution in [-0.4, -0.2) is 24.4 Å². The lowest BCUT2D eigenvalue weighted by Gasteiger charge is -2.18. The second-order valence-electron chi connectivity index (χ2n) is 4.65. The van der Waals surface area contributed by atoms with Crippen LogP contribution in [0.1, 0.15) is 12.0 Å². The van der Waals surface area contributed by atoms with Gasteiger partial charge in [0.1, 0.15) is 6.61 Å². The van der Waals surface area contributed by atoms with E-state index in [1.54, 1.807) is 12.1 Å². The van der Waals surface area contributed by atoms with Gasteiger partial charge in [0.05, 0.1) is 12.7 Å². The molecule has 6 nitrogen and oxygen atoms in total. The van der Waals surface area contributed by atoms with Crippen molar-refractivity contribution in [1.82, 2.24) is 0 Å². The summed E-state index contributed by atoms with van der Waals surface area (Å²) in [7, 11) is 0. The number of aromatic nitrogens is 1. The van der Waals surface area contributed by atoms with Crippen LogP contribution in [0.5, 0.6) is 0 Å². The Labute approximate surface area is 128 Å². The molecule has 0 aliphatic heterocycles. The highest BCUT2D eigenvalue weighted by Crippen LogP contribution is 2.11. The van der Waals surface area contributed by atoms with Crippen molar-refractivity contribution >= 4 is 11.9 Å². The zero-order valence-corrected chi connectivity index (χ0v) is 12.1. The molecule has 0 radical (unpaired) electrons. The summed E-state index contributed by atoms with van der Waals surface area (Å²) in [5.41, 5.74) is 0.862. The minimum Gasteiger partial charge on any atom is -0.711 e. The van der Waals surface area contributed by atoms with Crippen molar-refractivity contribution in [3.8, 4) is 0 Å². The largest absolute Gasteiger partial charge is 0.711 e. The minimum absolute atomic E-state index is 0.0752. The van der Waals surface area contributed by atoms with Gasteiger partial charge in [0.25, 0.3) is 5.82 Å². The summed E-state index contributed by atoms with van der Waals surface area (Å²) >= 11 is 0. The predicted molar refractivity (Wildman–Crippen MR) is 81.1 cm³/mol. The second-order valence-corrected chi connectivity index (χ2v) is 4.65. The number of carbonyl (C=O) groups excluding carboxylic acids is 1. The maximum Gasteiger partial charge on any atom is 0.507 e. The Kier molecular flexibility index (Phi) is 5.73. The molecule has 1 aromatic carbocycles. The number of rotatable bonds is 6. The first-order valence-corrected chi connectivity index (χ1v) is 6.99. The number of nitrogens with zero attached hydrogens (tertiary/aromatic N) is 2. The highest BCUT2D eigenvalue weighted by molar-refractivity contribution is 5.85. The van der Waals surface area contributed by atoms with Crippen molar-refractivity contribution in [2.75, 3.05) is 18.1 Å². The Balaban J connectivity index is 2.08. The number of benzene rings is 1. The average Bonchev–Trinajstić information content (AvgIpc) is 2.55. The monoisotopic (exact) mass is 302 g/mol. The van der Waals surface area contributed by atoms with Crippen LogP contribution < -0.4 is 9.63 Å². The van der Waals surface area contributed by atoms with Crippen molar-refractivity contribution in [2.24, 2.45) is 0 Å². The van der Waals surface area contributed by atoms with Gasteiger partial charge >= 0.3 is 6.09 Å². The fourth-order valence-corrected chi connectivity index (χ4v) is 1.95. The Hall–Kier alpha value is -2.60. The normalized spacial score (nSPS) is 10.2. The van der Waals surface area contributed by atoms with E-state index in [-0.39, 0.29) is 25.6 Å². The van der Waals surface area contributed by atoms with Crippen LogP contribution >= 0.6 is 0 Å². The van der Waals surface area contributed by atoms with Crippen LogP contribution in [0.25, 0.3) is 0 Å². The molecule has 6 heteroatoms. The molecule has 116 valence electrons. The molecule has 0 spiro atoms. The highest BCUT2D eigenvalue weighted by atomic mass is 16.6. The molecule has 0 aliphatic carbocycles. The molecule has 0 saturated carbocycles.